The summed E-state index contributed by atoms with van der Waals surface area (Å²) < 4.78 is 25.9. The van der Waals surface area contributed by atoms with Crippen molar-refractivity contribution in [3.05, 3.63) is 12.0 Å². The average molecular weight is 275 g/mol. The van der Waals surface area contributed by atoms with Gasteiger partial charge in [0, 0.05) is 0 Å². The van der Waals surface area contributed by atoms with Gasteiger partial charge in [-0.1, -0.05) is 13.8 Å². The molecular weight excluding hydrogens is 258 g/mol. The Morgan fingerprint density at radius 2 is 2.17 bits per heavy atom. The number of aromatic amines is 1. The first-order valence-electron chi connectivity index (χ1n) is 5.49. The van der Waals surface area contributed by atoms with Gasteiger partial charge in [-0.2, -0.15) is 4.72 Å². The van der Waals surface area contributed by atoms with Crippen molar-refractivity contribution in [2.24, 2.45) is 5.92 Å². The van der Waals surface area contributed by atoms with E-state index in [4.69, 9.17) is 5.11 Å². The summed E-state index contributed by atoms with van der Waals surface area (Å²) in [6, 6.07) is -1.14. The molecule has 0 spiro atoms. The van der Waals surface area contributed by atoms with Gasteiger partial charge in [-0.25, -0.2) is 13.4 Å². The van der Waals surface area contributed by atoms with Crippen LogP contribution >= 0.6 is 0 Å². The standard InChI is InChI=1S/C10H17N3O4S/c1-6(2)4-8(10(14)15)13-18(16,17)9-5-11-7(3)12-9/h5-6,8,13H,4H2,1-3H3,(H,11,12)(H,14,15)/t8-/m1/s1. The predicted octanol–water partition coefficient (Wildman–Crippen LogP) is 0.496. The van der Waals surface area contributed by atoms with E-state index in [9.17, 15) is 13.2 Å². The van der Waals surface area contributed by atoms with Gasteiger partial charge in [0.25, 0.3) is 10.0 Å². The van der Waals surface area contributed by atoms with Crippen molar-refractivity contribution in [1.82, 2.24) is 14.7 Å². The number of carboxylic acids is 1. The summed E-state index contributed by atoms with van der Waals surface area (Å²) >= 11 is 0. The van der Waals surface area contributed by atoms with Crippen LogP contribution in [0.2, 0.25) is 0 Å². The molecule has 0 saturated heterocycles. The number of nitrogens with one attached hydrogen (secondary N) is 2. The Morgan fingerprint density at radius 1 is 1.56 bits per heavy atom. The molecule has 102 valence electrons. The first-order chi connectivity index (χ1) is 8.22. The van der Waals surface area contributed by atoms with Crippen LogP contribution in [0, 0.1) is 12.8 Å². The van der Waals surface area contributed by atoms with Gasteiger partial charge in [-0.05, 0) is 19.3 Å². The quantitative estimate of drug-likeness (QED) is 0.699. The van der Waals surface area contributed by atoms with E-state index in [2.05, 4.69) is 14.7 Å². The maximum Gasteiger partial charge on any atom is 0.321 e. The molecule has 0 aliphatic rings. The van der Waals surface area contributed by atoms with Gasteiger partial charge >= 0.3 is 5.97 Å². The van der Waals surface area contributed by atoms with Crippen molar-refractivity contribution in [2.45, 2.75) is 38.3 Å². The van der Waals surface area contributed by atoms with E-state index in [0.29, 0.717) is 5.82 Å². The molecule has 0 aliphatic carbocycles. The summed E-state index contributed by atoms with van der Waals surface area (Å²) in [7, 11) is -3.88. The molecular formula is C10H17N3O4S. The molecule has 1 rings (SSSR count). The largest absolute Gasteiger partial charge is 0.480 e. The van der Waals surface area contributed by atoms with Crippen LogP contribution < -0.4 is 4.72 Å². The van der Waals surface area contributed by atoms with Gasteiger partial charge in [0.1, 0.15) is 11.9 Å². The van der Waals surface area contributed by atoms with Gasteiger partial charge in [0.05, 0.1) is 6.20 Å². The number of carboxylic acid groups (broad SMARTS) is 1. The Bertz CT molecular complexity index is 521. The van der Waals surface area contributed by atoms with Crippen LogP contribution in [0.3, 0.4) is 0 Å². The third-order valence-electron chi connectivity index (χ3n) is 2.27. The summed E-state index contributed by atoms with van der Waals surface area (Å²) in [4.78, 5) is 17.3. The SMILES string of the molecule is Cc1ncc(S(=O)(=O)N[C@H](CC(C)C)C(=O)O)[nH]1. The average Bonchev–Trinajstić information content (AvgIpc) is 2.63. The van der Waals surface area contributed by atoms with E-state index in [1.807, 2.05) is 13.8 Å². The number of imidazole rings is 1. The van der Waals surface area contributed by atoms with E-state index in [1.165, 1.54) is 0 Å². The molecule has 18 heavy (non-hydrogen) atoms. The highest BCUT2D eigenvalue weighted by molar-refractivity contribution is 7.89. The van der Waals surface area contributed by atoms with Crippen LogP contribution in [0.15, 0.2) is 11.2 Å². The van der Waals surface area contributed by atoms with E-state index in [-0.39, 0.29) is 17.4 Å². The Morgan fingerprint density at radius 3 is 2.56 bits per heavy atom. The van der Waals surface area contributed by atoms with Gasteiger partial charge in [0.2, 0.25) is 0 Å². The summed E-state index contributed by atoms with van der Waals surface area (Å²) in [5.41, 5.74) is 0. The fourth-order valence-electron chi connectivity index (χ4n) is 1.46. The molecule has 1 heterocycles. The van der Waals surface area contributed by atoms with Gasteiger partial charge in [-0.3, -0.25) is 4.79 Å². The summed E-state index contributed by atoms with van der Waals surface area (Å²) in [5.74, 6) is -0.674. The highest BCUT2D eigenvalue weighted by atomic mass is 32.2. The zero-order valence-corrected chi connectivity index (χ0v) is 11.3. The van der Waals surface area contributed by atoms with Crippen LogP contribution in [-0.4, -0.2) is 35.5 Å². The minimum atomic E-state index is -3.88. The van der Waals surface area contributed by atoms with Gasteiger partial charge in [0.15, 0.2) is 5.03 Å². The number of aliphatic carboxylic acids is 1. The highest BCUT2D eigenvalue weighted by Crippen LogP contribution is 2.10. The third kappa shape index (κ3) is 3.81. The highest BCUT2D eigenvalue weighted by Gasteiger charge is 2.27. The first-order valence-corrected chi connectivity index (χ1v) is 6.97. The lowest BCUT2D eigenvalue weighted by Gasteiger charge is -2.15. The zero-order chi connectivity index (χ0) is 13.9. The Kier molecular flexibility index (Phi) is 4.47. The van der Waals surface area contributed by atoms with Crippen molar-refractivity contribution >= 4 is 16.0 Å². The number of sulfonamides is 1. The number of H-pyrrole nitrogens is 1. The normalized spacial score (nSPS) is 13.8. The van der Waals surface area contributed by atoms with E-state index in [0.717, 1.165) is 6.20 Å². The monoisotopic (exact) mass is 275 g/mol. The molecule has 7 nitrogen and oxygen atoms in total. The Balaban J connectivity index is 2.89. The molecule has 8 heteroatoms. The Hall–Kier alpha value is -1.41. The lowest BCUT2D eigenvalue weighted by molar-refractivity contribution is -0.139. The van der Waals surface area contributed by atoms with Gasteiger partial charge in [-0.15, -0.1) is 0 Å². The fourth-order valence-corrected chi connectivity index (χ4v) is 2.63. The van der Waals surface area contributed by atoms with E-state index >= 15 is 0 Å². The minimum absolute atomic E-state index is 0.0669. The fraction of sp³-hybridized carbons (Fsp3) is 0.600. The number of aryl methyl sites for hydroxylation is 1. The number of rotatable bonds is 6. The maximum absolute atomic E-state index is 11.9. The number of hydrogen-bond acceptors (Lipinski definition) is 4. The number of aromatic nitrogens is 2. The molecule has 0 aliphatic heterocycles. The smallest absolute Gasteiger partial charge is 0.321 e. The van der Waals surface area contributed by atoms with E-state index < -0.39 is 22.0 Å². The molecule has 0 radical (unpaired) electrons. The van der Waals surface area contributed by atoms with Crippen molar-refractivity contribution in [3.8, 4) is 0 Å². The van der Waals surface area contributed by atoms with Crippen LogP contribution in [0.5, 0.6) is 0 Å². The molecule has 1 aromatic rings. The van der Waals surface area contributed by atoms with Crippen molar-refractivity contribution in [3.63, 3.8) is 0 Å². The number of nitrogens with zero attached hydrogens (tertiary/aromatic N) is 1. The molecule has 0 saturated carbocycles. The maximum atomic E-state index is 11.9. The van der Waals surface area contributed by atoms with Crippen LogP contribution in [-0.2, 0) is 14.8 Å². The second-order valence-corrected chi connectivity index (χ2v) is 6.16. The van der Waals surface area contributed by atoms with Gasteiger partial charge < -0.3 is 10.1 Å². The molecule has 0 unspecified atom stereocenters. The zero-order valence-electron chi connectivity index (χ0n) is 10.5. The second kappa shape index (κ2) is 5.49. The molecule has 0 aromatic carbocycles. The van der Waals surface area contributed by atoms with Crippen LogP contribution in [0.1, 0.15) is 26.1 Å². The second-order valence-electron chi connectivity index (χ2n) is 4.47. The van der Waals surface area contributed by atoms with E-state index in [1.54, 1.807) is 6.92 Å². The molecule has 0 amide bonds. The predicted molar refractivity (Wildman–Crippen MR) is 64.5 cm³/mol. The van der Waals surface area contributed by atoms with Crippen molar-refractivity contribution in [2.75, 3.05) is 0 Å². The molecule has 0 fully saturated rings. The van der Waals surface area contributed by atoms with Crippen molar-refractivity contribution in [1.29, 1.82) is 0 Å². The molecule has 1 atom stereocenters. The van der Waals surface area contributed by atoms with Crippen LogP contribution in [0.25, 0.3) is 0 Å². The number of hydrogen-bond donors (Lipinski definition) is 3. The summed E-state index contributed by atoms with van der Waals surface area (Å²) in [5, 5.41) is 8.86. The Labute approximate surface area is 106 Å². The summed E-state index contributed by atoms with van der Waals surface area (Å²) in [6.45, 7) is 5.26. The summed E-state index contributed by atoms with van der Waals surface area (Å²) in [6.07, 6.45) is 1.38. The third-order valence-corrected chi connectivity index (χ3v) is 3.65. The van der Waals surface area contributed by atoms with Crippen molar-refractivity contribution < 1.29 is 18.3 Å². The topological polar surface area (TPSA) is 112 Å². The molecule has 3 N–H and O–H groups in total. The minimum Gasteiger partial charge on any atom is -0.480 e. The van der Waals surface area contributed by atoms with Crippen LogP contribution in [0.4, 0.5) is 0 Å². The lowest BCUT2D eigenvalue weighted by Crippen LogP contribution is -2.41. The molecule has 0 bridgehead atoms. The first kappa shape index (κ1) is 14.7. The lowest BCUT2D eigenvalue weighted by atomic mass is 10.1. The number of carbonyl (C=O) groups is 1. The molecule has 1 aromatic heterocycles.